The summed E-state index contributed by atoms with van der Waals surface area (Å²) in [6.07, 6.45) is 4.84. The second kappa shape index (κ2) is 5.78. The Bertz CT molecular complexity index is 739. The molecule has 0 heterocycles. The van der Waals surface area contributed by atoms with Crippen molar-refractivity contribution in [2.24, 2.45) is 0 Å². The van der Waals surface area contributed by atoms with Gasteiger partial charge in [-0.25, -0.2) is 0 Å². The second-order valence-electron chi connectivity index (χ2n) is 6.71. The third-order valence-corrected chi connectivity index (χ3v) is 5.43. The number of hydrogen-bond acceptors (Lipinski definition) is 1. The monoisotopic (exact) mass is 304 g/mol. The number of benzene rings is 2. The summed E-state index contributed by atoms with van der Waals surface area (Å²) in [6, 6.07) is 17.7. The molecular formula is C21H22NO+. The van der Waals surface area contributed by atoms with E-state index in [0.29, 0.717) is 18.2 Å². The lowest BCUT2D eigenvalue weighted by molar-refractivity contribution is -0.948. The van der Waals surface area contributed by atoms with E-state index in [1.54, 1.807) is 0 Å². The van der Waals surface area contributed by atoms with Gasteiger partial charge >= 0.3 is 0 Å². The highest BCUT2D eigenvalue weighted by Gasteiger charge is 2.40. The maximum absolute atomic E-state index is 12.4. The quantitative estimate of drug-likeness (QED) is 0.861. The Kier molecular flexibility index (Phi) is 3.62. The zero-order chi connectivity index (χ0) is 15.8. The van der Waals surface area contributed by atoms with E-state index in [1.165, 1.54) is 21.6 Å². The van der Waals surface area contributed by atoms with E-state index in [2.05, 4.69) is 43.0 Å². The molecule has 0 aromatic heterocycles. The van der Waals surface area contributed by atoms with Crippen LogP contribution in [-0.2, 0) is 12.8 Å². The van der Waals surface area contributed by atoms with Crippen LogP contribution in [0.25, 0.3) is 0 Å². The van der Waals surface area contributed by atoms with E-state index in [1.807, 2.05) is 18.2 Å². The largest absolute Gasteiger partial charge is 0.322 e. The minimum Gasteiger partial charge on any atom is -0.322 e. The van der Waals surface area contributed by atoms with Crippen LogP contribution in [0.4, 0.5) is 0 Å². The molecule has 2 heteroatoms. The Morgan fingerprint density at radius 2 is 1.65 bits per heavy atom. The van der Waals surface area contributed by atoms with Crippen LogP contribution in [0.3, 0.4) is 0 Å². The molecule has 2 aromatic carbocycles. The molecule has 2 atom stereocenters. The lowest BCUT2D eigenvalue weighted by atomic mass is 10.0. The van der Waals surface area contributed by atoms with Crippen molar-refractivity contribution in [2.45, 2.75) is 31.3 Å². The third kappa shape index (κ3) is 2.43. The number of Topliss-reactive ketones (excluding diaryl/α,β-unsaturated/α-hetero) is 1. The Labute approximate surface area is 137 Å². The molecule has 1 N–H and O–H groups in total. The summed E-state index contributed by atoms with van der Waals surface area (Å²) in [7, 11) is 0. The average Bonchev–Trinajstić information content (AvgIpc) is 3.14. The van der Waals surface area contributed by atoms with Gasteiger partial charge in [-0.1, -0.05) is 55.1 Å². The van der Waals surface area contributed by atoms with Crippen LogP contribution in [0.2, 0.25) is 0 Å². The van der Waals surface area contributed by atoms with Gasteiger partial charge in [-0.3, -0.25) is 4.79 Å². The summed E-state index contributed by atoms with van der Waals surface area (Å²) >= 11 is 0. The van der Waals surface area contributed by atoms with Gasteiger partial charge in [0, 0.05) is 24.0 Å². The lowest BCUT2D eigenvalue weighted by Crippen LogP contribution is -3.16. The summed E-state index contributed by atoms with van der Waals surface area (Å²) < 4.78 is 0. The number of hydrogen-bond donors (Lipinski definition) is 1. The first-order chi connectivity index (χ1) is 11.3. The average molecular weight is 304 g/mol. The van der Waals surface area contributed by atoms with Gasteiger partial charge in [-0.2, -0.15) is 0 Å². The fraction of sp³-hybridized carbons (Fsp3) is 0.286. The molecule has 23 heavy (non-hydrogen) atoms. The van der Waals surface area contributed by atoms with Gasteiger partial charge in [-0.15, -0.1) is 0 Å². The first-order valence-electron chi connectivity index (χ1n) is 8.43. The van der Waals surface area contributed by atoms with E-state index in [4.69, 9.17) is 0 Å². The Morgan fingerprint density at radius 3 is 2.35 bits per heavy atom. The second-order valence-corrected chi connectivity index (χ2v) is 6.71. The van der Waals surface area contributed by atoms with Crippen molar-refractivity contribution in [3.8, 4) is 0 Å². The summed E-state index contributed by atoms with van der Waals surface area (Å²) in [6.45, 7) is 4.87. The van der Waals surface area contributed by atoms with Crippen molar-refractivity contribution in [1.82, 2.24) is 0 Å². The highest BCUT2D eigenvalue weighted by atomic mass is 16.1. The Morgan fingerprint density at radius 1 is 1.00 bits per heavy atom. The molecule has 0 fully saturated rings. The molecule has 2 aliphatic rings. The number of rotatable bonds is 4. The molecule has 116 valence electrons. The van der Waals surface area contributed by atoms with Crippen molar-refractivity contribution in [3.63, 3.8) is 0 Å². The zero-order valence-corrected chi connectivity index (χ0v) is 13.3. The van der Waals surface area contributed by atoms with Gasteiger partial charge in [0.25, 0.3) is 0 Å². The minimum atomic E-state index is 0.274. The fourth-order valence-electron chi connectivity index (χ4n) is 4.37. The molecule has 0 spiro atoms. The van der Waals surface area contributed by atoms with Crippen molar-refractivity contribution < 1.29 is 9.69 Å². The molecule has 0 radical (unpaired) electrons. The van der Waals surface area contributed by atoms with E-state index < -0.39 is 0 Å². The van der Waals surface area contributed by atoms with Gasteiger partial charge in [0.1, 0.15) is 6.04 Å². The molecule has 4 rings (SSSR count). The highest BCUT2D eigenvalue weighted by molar-refractivity contribution is 6.00. The van der Waals surface area contributed by atoms with Crippen LogP contribution in [0.1, 0.15) is 39.5 Å². The topological polar surface area (TPSA) is 21.5 Å². The van der Waals surface area contributed by atoms with Crippen LogP contribution in [0.5, 0.6) is 0 Å². The normalized spacial score (nSPS) is 21.0. The van der Waals surface area contributed by atoms with Crippen molar-refractivity contribution in [1.29, 1.82) is 0 Å². The van der Waals surface area contributed by atoms with Gasteiger partial charge in [0.2, 0.25) is 0 Å². The van der Waals surface area contributed by atoms with E-state index in [-0.39, 0.29) is 6.04 Å². The maximum Gasteiger partial charge on any atom is 0.169 e. The number of ketones is 1. The number of quaternary nitrogens is 1. The fourth-order valence-corrected chi connectivity index (χ4v) is 4.37. The zero-order valence-electron chi connectivity index (χ0n) is 13.3. The SMILES string of the molecule is C=CC[NH+](C1Cc2ccccc2C1)C1CC(=O)c2ccccc21. The van der Waals surface area contributed by atoms with E-state index in [0.717, 1.165) is 24.9 Å². The van der Waals surface area contributed by atoms with Crippen molar-refractivity contribution in [3.05, 3.63) is 83.4 Å². The van der Waals surface area contributed by atoms with Gasteiger partial charge in [0.05, 0.1) is 19.0 Å². The summed E-state index contributed by atoms with van der Waals surface area (Å²) in [4.78, 5) is 13.9. The van der Waals surface area contributed by atoms with Crippen LogP contribution in [0.15, 0.2) is 61.2 Å². The highest BCUT2D eigenvalue weighted by Crippen LogP contribution is 2.30. The number of carbonyl (C=O) groups is 1. The molecule has 2 unspecified atom stereocenters. The smallest absolute Gasteiger partial charge is 0.169 e. The van der Waals surface area contributed by atoms with Crippen LogP contribution in [0, 0.1) is 0 Å². The Balaban J connectivity index is 1.66. The number of fused-ring (bicyclic) bond motifs is 2. The predicted octanol–water partition coefficient (Wildman–Crippen LogP) is 2.55. The molecule has 0 amide bonds. The molecule has 0 aliphatic heterocycles. The van der Waals surface area contributed by atoms with E-state index in [9.17, 15) is 4.79 Å². The van der Waals surface area contributed by atoms with E-state index >= 15 is 0 Å². The van der Waals surface area contributed by atoms with Crippen molar-refractivity contribution >= 4 is 5.78 Å². The molecule has 0 saturated heterocycles. The van der Waals surface area contributed by atoms with Gasteiger partial charge in [-0.05, 0) is 17.2 Å². The Hall–Kier alpha value is -2.19. The van der Waals surface area contributed by atoms with Gasteiger partial charge in [0.15, 0.2) is 5.78 Å². The van der Waals surface area contributed by atoms with Crippen molar-refractivity contribution in [2.75, 3.05) is 6.54 Å². The summed E-state index contributed by atoms with van der Waals surface area (Å²) in [5, 5.41) is 0. The predicted molar refractivity (Wildman–Crippen MR) is 91.8 cm³/mol. The number of carbonyl (C=O) groups excluding carboxylic acids is 1. The third-order valence-electron chi connectivity index (χ3n) is 5.43. The van der Waals surface area contributed by atoms with Gasteiger partial charge < -0.3 is 4.90 Å². The summed E-state index contributed by atoms with van der Waals surface area (Å²) in [5.74, 6) is 0.294. The maximum atomic E-state index is 12.4. The molecule has 0 saturated carbocycles. The molecule has 2 nitrogen and oxygen atoms in total. The molecule has 2 aliphatic carbocycles. The van der Waals surface area contributed by atoms with Crippen LogP contribution in [-0.4, -0.2) is 18.4 Å². The minimum absolute atomic E-state index is 0.274. The molecular weight excluding hydrogens is 282 g/mol. The molecule has 2 aromatic rings. The number of nitrogens with one attached hydrogen (secondary N) is 1. The van der Waals surface area contributed by atoms with Crippen LogP contribution < -0.4 is 4.90 Å². The van der Waals surface area contributed by atoms with Crippen LogP contribution >= 0.6 is 0 Å². The first kappa shape index (κ1) is 14.4. The lowest BCUT2D eigenvalue weighted by Gasteiger charge is -2.30. The first-order valence-corrected chi connectivity index (χ1v) is 8.43. The summed E-state index contributed by atoms with van der Waals surface area (Å²) in [5.41, 5.74) is 5.09. The molecule has 0 bridgehead atoms. The standard InChI is InChI=1S/C21H21NO/c1-2-11-22(17-12-15-7-3-4-8-16(15)13-17)20-14-21(23)19-10-6-5-9-18(19)20/h2-10,17,20H,1,11-14H2/p+1.